The molecule has 0 saturated heterocycles. The lowest BCUT2D eigenvalue weighted by atomic mass is 9.33. The Balaban J connectivity index is 1.11. The minimum absolute atomic E-state index is 0.0166. The fourth-order valence-corrected chi connectivity index (χ4v) is 14.8. The zero-order valence-corrected chi connectivity index (χ0v) is 50.3. The molecule has 400 valence electrons. The van der Waals surface area contributed by atoms with Crippen LogP contribution in [0.25, 0.3) is 11.1 Å². The lowest BCUT2D eigenvalue weighted by Crippen LogP contribution is -2.62. The predicted molar refractivity (Wildman–Crippen MR) is 341 cm³/mol. The highest BCUT2D eigenvalue weighted by molar-refractivity contribution is 7.00. The fraction of sp³-hybridized carbons (Fsp3) is 0.360. The molecule has 5 aliphatic rings. The van der Waals surface area contributed by atoms with Gasteiger partial charge in [-0.25, -0.2) is 0 Å². The molecule has 13 rings (SSSR count). The topological polar surface area (TPSA) is 9.72 Å². The molecule has 0 bridgehead atoms. The summed E-state index contributed by atoms with van der Waals surface area (Å²) in [6.07, 6.45) is 4.69. The fourth-order valence-electron chi connectivity index (χ4n) is 14.8. The average Bonchev–Trinajstić information content (AvgIpc) is 3.74. The number of hydrogen-bond donors (Lipinski definition) is 0. The molecule has 3 nitrogen and oxygen atoms in total. The van der Waals surface area contributed by atoms with E-state index in [-0.39, 0.29) is 39.2 Å². The van der Waals surface area contributed by atoms with Gasteiger partial charge in [-0.15, -0.1) is 0 Å². The molecule has 0 radical (unpaired) electrons. The first-order valence-electron chi connectivity index (χ1n) is 29.7. The second-order valence-corrected chi connectivity index (χ2v) is 29.3. The molecule has 8 aromatic carbocycles. The lowest BCUT2D eigenvalue weighted by molar-refractivity contribution is 0.332. The molecule has 8 aromatic rings. The number of aryl methyl sites for hydroxylation is 1. The van der Waals surface area contributed by atoms with Crippen molar-refractivity contribution in [2.24, 2.45) is 0 Å². The molecule has 0 fully saturated rings. The van der Waals surface area contributed by atoms with Crippen LogP contribution in [0.5, 0.6) is 0 Å². The van der Waals surface area contributed by atoms with E-state index in [1.54, 1.807) is 0 Å². The third-order valence-corrected chi connectivity index (χ3v) is 20.0. The smallest absolute Gasteiger partial charge is 0.252 e. The Morgan fingerprint density at radius 3 is 1.47 bits per heavy atom. The maximum atomic E-state index is 2.70. The standard InChI is InChI=1S/C75H82BN3/c1-46-39-67-69-68(40-46)79(53-30-33-59-60(42-53)73(11,12)36-35-72(59,9)10)66-45-62-61(74(13,14)37-38-75(62,15)16)44-64(66)76(69)63-34-31-54(43-65(63)78(67)52-29-32-56-47(2)55-19-17-18-20-57(55)58(56)41-52)77(50-25-21-48(22-26-50)70(3,4)5)51-27-23-49(24-28-51)71(6,7)8/h17-34,39-45,47H,35-38H2,1-16H3. The first kappa shape index (κ1) is 51.6. The van der Waals surface area contributed by atoms with Crippen molar-refractivity contribution < 1.29 is 0 Å². The van der Waals surface area contributed by atoms with Gasteiger partial charge in [0.1, 0.15) is 0 Å². The number of benzene rings is 8. The third-order valence-electron chi connectivity index (χ3n) is 20.0. The molecule has 2 aliphatic heterocycles. The molecule has 0 N–H and O–H groups in total. The molecular formula is C75H82BN3. The maximum absolute atomic E-state index is 2.70. The van der Waals surface area contributed by atoms with Crippen LogP contribution in [0, 0.1) is 6.92 Å². The van der Waals surface area contributed by atoms with E-state index in [2.05, 4.69) is 277 Å². The van der Waals surface area contributed by atoms with Crippen LogP contribution in [0.4, 0.5) is 51.2 Å². The lowest BCUT2D eigenvalue weighted by Gasteiger charge is -2.48. The summed E-state index contributed by atoms with van der Waals surface area (Å²) in [5.74, 6) is 0.330. The van der Waals surface area contributed by atoms with E-state index in [4.69, 9.17) is 0 Å². The van der Waals surface area contributed by atoms with Crippen molar-refractivity contribution in [1.82, 2.24) is 0 Å². The van der Waals surface area contributed by atoms with E-state index in [0.717, 1.165) is 29.9 Å². The zero-order valence-electron chi connectivity index (χ0n) is 50.3. The number of rotatable bonds is 5. The molecule has 1 unspecified atom stereocenters. The van der Waals surface area contributed by atoms with E-state index in [1.807, 2.05) is 0 Å². The molecule has 4 heteroatoms. The van der Waals surface area contributed by atoms with E-state index < -0.39 is 0 Å². The van der Waals surface area contributed by atoms with Crippen molar-refractivity contribution in [3.05, 3.63) is 202 Å². The van der Waals surface area contributed by atoms with Gasteiger partial charge in [0.15, 0.2) is 0 Å². The summed E-state index contributed by atoms with van der Waals surface area (Å²) in [4.78, 5) is 7.85. The van der Waals surface area contributed by atoms with Crippen LogP contribution in [0.3, 0.4) is 0 Å². The van der Waals surface area contributed by atoms with Gasteiger partial charge < -0.3 is 14.7 Å². The summed E-state index contributed by atoms with van der Waals surface area (Å²) in [5, 5.41) is 0. The number of fused-ring (bicyclic) bond motifs is 9. The first-order chi connectivity index (χ1) is 37.2. The highest BCUT2D eigenvalue weighted by Gasteiger charge is 2.48. The highest BCUT2D eigenvalue weighted by Crippen LogP contribution is 2.54. The third kappa shape index (κ3) is 8.10. The van der Waals surface area contributed by atoms with Gasteiger partial charge in [-0.1, -0.05) is 177 Å². The molecule has 3 aliphatic carbocycles. The second-order valence-electron chi connectivity index (χ2n) is 29.3. The van der Waals surface area contributed by atoms with Crippen molar-refractivity contribution in [2.45, 2.75) is 175 Å². The number of anilines is 9. The monoisotopic (exact) mass is 1040 g/mol. The summed E-state index contributed by atoms with van der Waals surface area (Å²) in [6, 6.07) is 60.5. The molecule has 0 spiro atoms. The van der Waals surface area contributed by atoms with Gasteiger partial charge in [0, 0.05) is 57.1 Å². The van der Waals surface area contributed by atoms with E-state index in [1.165, 1.54) is 125 Å². The first-order valence-corrected chi connectivity index (χ1v) is 29.7. The van der Waals surface area contributed by atoms with Crippen LogP contribution in [-0.4, -0.2) is 6.71 Å². The van der Waals surface area contributed by atoms with Gasteiger partial charge in [0.2, 0.25) is 0 Å². The van der Waals surface area contributed by atoms with Gasteiger partial charge in [-0.3, -0.25) is 0 Å². The van der Waals surface area contributed by atoms with Crippen LogP contribution in [0.2, 0.25) is 0 Å². The Morgan fingerprint density at radius 2 is 0.899 bits per heavy atom. The SMILES string of the molecule is Cc1cc2c3c(c1)N(c1ccc4c(c1)C(C)(C)CCC4(C)C)c1cc4c(cc1B3c1ccc(N(c3ccc(C(C)(C)C)cc3)c3ccc(C(C)(C)C)cc3)cc1N2c1ccc2c(c1)-c1ccccc1C2C)C(C)(C)CCC4(C)C. The summed E-state index contributed by atoms with van der Waals surface area (Å²) >= 11 is 0. The van der Waals surface area contributed by atoms with Crippen LogP contribution in [0.1, 0.15) is 186 Å². The van der Waals surface area contributed by atoms with Crippen LogP contribution >= 0.6 is 0 Å². The Labute approximate surface area is 474 Å². The van der Waals surface area contributed by atoms with Gasteiger partial charge in [-0.05, 0) is 222 Å². The van der Waals surface area contributed by atoms with Crippen LogP contribution in [0.15, 0.2) is 152 Å². The van der Waals surface area contributed by atoms with E-state index in [9.17, 15) is 0 Å². The molecule has 79 heavy (non-hydrogen) atoms. The van der Waals surface area contributed by atoms with Crippen molar-refractivity contribution in [3.8, 4) is 11.1 Å². The average molecular weight is 1040 g/mol. The van der Waals surface area contributed by atoms with Crippen LogP contribution < -0.4 is 31.1 Å². The molecular weight excluding hydrogens is 954 g/mol. The highest BCUT2D eigenvalue weighted by atomic mass is 15.2. The summed E-state index contributed by atoms with van der Waals surface area (Å²) in [5.41, 5.74) is 30.8. The van der Waals surface area contributed by atoms with Crippen molar-refractivity contribution >= 4 is 74.3 Å². The Bertz CT molecular complexity index is 3740. The quantitative estimate of drug-likeness (QED) is 0.159. The van der Waals surface area contributed by atoms with Crippen molar-refractivity contribution in [2.75, 3.05) is 14.7 Å². The maximum Gasteiger partial charge on any atom is 0.252 e. The molecule has 0 saturated carbocycles. The second kappa shape index (κ2) is 17.4. The predicted octanol–water partition coefficient (Wildman–Crippen LogP) is 19.0. The molecule has 2 heterocycles. The Morgan fingerprint density at radius 1 is 0.430 bits per heavy atom. The number of hydrogen-bond acceptors (Lipinski definition) is 3. The van der Waals surface area contributed by atoms with Crippen molar-refractivity contribution in [1.29, 1.82) is 0 Å². The van der Waals surface area contributed by atoms with Gasteiger partial charge in [0.05, 0.1) is 0 Å². The molecule has 0 aromatic heterocycles. The van der Waals surface area contributed by atoms with Gasteiger partial charge in [0.25, 0.3) is 6.71 Å². The van der Waals surface area contributed by atoms with Crippen molar-refractivity contribution in [3.63, 3.8) is 0 Å². The Hall–Kier alpha value is -6.78. The van der Waals surface area contributed by atoms with Gasteiger partial charge in [-0.2, -0.15) is 0 Å². The summed E-state index contributed by atoms with van der Waals surface area (Å²) in [6.45, 7) is 38.4. The number of nitrogens with zero attached hydrogens (tertiary/aromatic N) is 3. The Kier molecular flexibility index (Phi) is 11.4. The summed E-state index contributed by atoms with van der Waals surface area (Å²) < 4.78 is 0. The minimum atomic E-state index is -0.0166. The van der Waals surface area contributed by atoms with Crippen LogP contribution in [-0.2, 0) is 32.5 Å². The molecule has 1 atom stereocenters. The zero-order chi connectivity index (χ0) is 55.7. The normalized spacial score (nSPS) is 18.6. The van der Waals surface area contributed by atoms with E-state index in [0.29, 0.717) is 5.92 Å². The van der Waals surface area contributed by atoms with Gasteiger partial charge >= 0.3 is 0 Å². The molecule has 0 amide bonds. The summed E-state index contributed by atoms with van der Waals surface area (Å²) in [7, 11) is 0. The minimum Gasteiger partial charge on any atom is -0.311 e. The van der Waals surface area contributed by atoms with E-state index >= 15 is 0 Å². The largest absolute Gasteiger partial charge is 0.311 e.